The summed E-state index contributed by atoms with van der Waals surface area (Å²) in [7, 11) is 21.3. The smallest absolute Gasteiger partial charge is 0.237 e. The molecule has 3 aliphatic carbocycles. The second-order valence-corrected chi connectivity index (χ2v) is 43.6. The minimum atomic E-state index is -2.30. The average molecular weight is 1970 g/mol. The molecule has 744 valence electrons. The second-order valence-electron chi connectivity index (χ2n) is 43.6. The van der Waals surface area contributed by atoms with E-state index >= 15 is 0 Å². The lowest BCUT2D eigenvalue weighted by atomic mass is 9.83. The lowest BCUT2D eigenvalue weighted by Gasteiger charge is -2.22. The van der Waals surface area contributed by atoms with E-state index in [2.05, 4.69) is 412 Å². The molecule has 0 unspecified atom stereocenters. The molecule has 10 nitrogen and oxygen atoms in total. The molecule has 28 rings (SSSR count). The lowest BCUT2D eigenvalue weighted by Crippen LogP contribution is -2.32. The van der Waals surface area contributed by atoms with Crippen LogP contribution in [0.25, 0.3) is 219 Å². The van der Waals surface area contributed by atoms with E-state index < -0.39 is 19.6 Å². The molecule has 25 aromatic rings. The molecular weight excluding hydrogens is 1820 g/mol. The number of hydrogen-bond acceptors (Lipinski definition) is 0. The Bertz CT molecular complexity index is 10100. The average Bonchev–Trinajstić information content (AvgIpc) is 1.55. The molecule has 10 aromatic heterocycles. The monoisotopic (exact) mass is 1970 g/mol. The van der Waals surface area contributed by atoms with E-state index in [0.29, 0.717) is 10.9 Å². The third-order valence-electron chi connectivity index (χ3n) is 34.3. The number of rotatable bonds is 8. The van der Waals surface area contributed by atoms with Gasteiger partial charge in [0.2, 0.25) is 28.5 Å². The van der Waals surface area contributed by atoms with Crippen molar-refractivity contribution in [1.82, 2.24) is 22.8 Å². The number of fused-ring (bicyclic) bond motifs is 25. The lowest BCUT2D eigenvalue weighted by molar-refractivity contribution is -0.659. The first-order valence-electron chi connectivity index (χ1n) is 57.7. The zero-order valence-electron chi connectivity index (χ0n) is 96.7. The van der Waals surface area contributed by atoms with E-state index in [9.17, 15) is 0 Å². The summed E-state index contributed by atoms with van der Waals surface area (Å²) in [5.74, 6) is 1.06. The van der Waals surface area contributed by atoms with Crippen LogP contribution < -0.4 is 22.8 Å². The highest BCUT2D eigenvalue weighted by Crippen LogP contribution is 2.48. The number of pyridine rings is 5. The highest BCUT2D eigenvalue weighted by Gasteiger charge is 2.33. The van der Waals surface area contributed by atoms with Crippen LogP contribution in [0.1, 0.15) is 178 Å². The summed E-state index contributed by atoms with van der Waals surface area (Å²) in [5.41, 5.74) is 36.3. The van der Waals surface area contributed by atoms with Crippen LogP contribution in [-0.2, 0) is 70.5 Å². The van der Waals surface area contributed by atoms with Gasteiger partial charge in [0.1, 0.15) is 62.8 Å². The normalized spacial score (nSPS) is 14.9. The van der Waals surface area contributed by atoms with Crippen molar-refractivity contribution in [2.45, 2.75) is 163 Å². The van der Waals surface area contributed by atoms with Gasteiger partial charge in [-0.1, -0.05) is 305 Å². The van der Waals surface area contributed by atoms with E-state index in [1.54, 1.807) is 18.3 Å². The van der Waals surface area contributed by atoms with Gasteiger partial charge in [-0.05, 0) is 213 Å². The molecule has 0 bridgehead atoms. The Morgan fingerprint density at radius 1 is 0.227 bits per heavy atom. The zero-order valence-corrected chi connectivity index (χ0v) is 89.7. The molecule has 3 fully saturated rings. The first-order chi connectivity index (χ1) is 75.7. The SMILES string of the molecule is Cc1ccc2c(ccc3c4cc[n+](C)c(-c5ccccc5C)c4n(C)c23)c1.Cc1ccccc1-c1c2c(cc[n+]1C)c1ccc3cc(C4CCCC4)ccc3c1n2C.Cc1ccccc1-c1c2c(cc[n+]1C)c1ccc3cc(C4CCCCC4)ccc3c1n2C.[2H]C([2H])([2H])c1ccc(-c2c3c(c(C([2H])([2H])[2H])c[n+]2C)c2ccc4ccccc4c2n3C)c(C)c1.[2H]C1(c2ccc3c(ccc4c5cc[n+](C)c(-c6ccccc6C)c5n(C)c34)c2)CCCCC1. The molecule has 15 aromatic carbocycles. The van der Waals surface area contributed by atoms with Crippen molar-refractivity contribution >= 4 is 163 Å². The number of benzene rings is 15. The van der Waals surface area contributed by atoms with Gasteiger partial charge in [-0.25, -0.2) is 0 Å². The third kappa shape index (κ3) is 16.5. The molecule has 0 N–H and O–H groups in total. The second kappa shape index (κ2) is 39.1. The summed E-state index contributed by atoms with van der Waals surface area (Å²) in [5, 5.41) is 24.9. The fourth-order valence-corrected chi connectivity index (χ4v) is 26.8. The van der Waals surface area contributed by atoms with Crippen LogP contribution in [0.15, 0.2) is 328 Å². The van der Waals surface area contributed by atoms with Crippen LogP contribution >= 0.6 is 0 Å². The van der Waals surface area contributed by atoms with E-state index in [1.807, 2.05) is 55.9 Å². The maximum atomic E-state index is 9.09. The van der Waals surface area contributed by atoms with E-state index in [0.717, 1.165) is 68.7 Å². The largest absolute Gasteiger partial charge is 0.338 e. The van der Waals surface area contributed by atoms with Crippen molar-refractivity contribution in [3.8, 4) is 56.3 Å². The highest BCUT2D eigenvalue weighted by molar-refractivity contribution is 6.25. The fraction of sp³-hybridized carbons (Fsp3) is 0.250. The van der Waals surface area contributed by atoms with Crippen molar-refractivity contribution in [2.24, 2.45) is 70.5 Å². The number of aromatic nitrogens is 10. The molecule has 3 aliphatic rings. The Labute approximate surface area is 891 Å². The molecule has 0 spiro atoms. The van der Waals surface area contributed by atoms with Gasteiger partial charge >= 0.3 is 0 Å². The fourth-order valence-electron chi connectivity index (χ4n) is 26.8. The molecular formula is C140H139N10+5. The van der Waals surface area contributed by atoms with Crippen LogP contribution in [0.2, 0.25) is 0 Å². The molecule has 150 heavy (non-hydrogen) atoms. The van der Waals surface area contributed by atoms with Gasteiger partial charge in [0.15, 0.2) is 31.0 Å². The van der Waals surface area contributed by atoms with Gasteiger partial charge in [0, 0.05) is 155 Å². The standard InChI is InChI=1S/2C30H31N2.C29H29N2.C26H25N2.C25H23N2/c2*1-20-9-7-8-12-24(20)29-30-27(17-18-31(29)2)26-16-14-23-19-22(21-10-5-4-6-11-21)13-15-25(23)28(26)32(30)3;1-19-8-4-7-11-23(19)28-29-26(16-17-30(28)2)25-15-13-22-18-21(20-9-5-6-10-20)12-14-24(22)27(25)31(29)3;1-16-10-12-20(17(2)14-16)25-26-23(18(3)15-27(25)4)22-13-11-19-8-6-7-9-21(19)24(22)28(26)5;1-16-9-11-20-18(15-16)10-12-21-22-13-14-26(3)24(25(22)27(4)23(20)21)19-8-6-5-7-17(19)2/h2*7-9,12-19,21H,4-6,10-11H2,1-3H3;4,7-8,11-18,20H,5-6,9-10H2,1-3H3;6-15H,1-5H3;5-15H,1-4H3/q5*+1/i21D;;;1D3,3D3;. The van der Waals surface area contributed by atoms with Gasteiger partial charge < -0.3 is 22.8 Å². The van der Waals surface area contributed by atoms with Gasteiger partial charge in [-0.2, -0.15) is 22.8 Å². The Morgan fingerprint density at radius 3 is 0.927 bits per heavy atom. The van der Waals surface area contributed by atoms with Crippen LogP contribution in [0.5, 0.6) is 0 Å². The van der Waals surface area contributed by atoms with E-state index in [-0.39, 0.29) is 5.56 Å². The number of aryl methyl sites for hydroxylation is 18. The Morgan fingerprint density at radius 2 is 0.527 bits per heavy atom. The third-order valence-corrected chi connectivity index (χ3v) is 34.3. The predicted octanol–water partition coefficient (Wildman–Crippen LogP) is 33.1. The van der Waals surface area contributed by atoms with Crippen molar-refractivity contribution in [1.29, 1.82) is 0 Å². The van der Waals surface area contributed by atoms with Crippen molar-refractivity contribution in [3.63, 3.8) is 0 Å². The Kier molecular flexibility index (Phi) is 23.1. The Hall–Kier alpha value is -15.7. The molecule has 0 aliphatic heterocycles. The summed E-state index contributed by atoms with van der Waals surface area (Å²) < 4.78 is 79.7. The highest BCUT2D eigenvalue weighted by atomic mass is 15.0. The van der Waals surface area contributed by atoms with Crippen molar-refractivity contribution in [2.75, 3.05) is 0 Å². The molecule has 3 saturated carbocycles. The molecule has 10 heteroatoms. The maximum absolute atomic E-state index is 9.09. The van der Waals surface area contributed by atoms with Crippen LogP contribution in [-0.4, -0.2) is 22.8 Å². The van der Waals surface area contributed by atoms with Gasteiger partial charge in [0.05, 0.1) is 55.4 Å². The van der Waals surface area contributed by atoms with Gasteiger partial charge in [0.25, 0.3) is 0 Å². The van der Waals surface area contributed by atoms with Crippen LogP contribution in [0.4, 0.5) is 0 Å². The topological polar surface area (TPSA) is 44.0 Å². The molecule has 0 saturated heterocycles. The summed E-state index contributed by atoms with van der Waals surface area (Å²) in [6.45, 7) is 8.35. The summed E-state index contributed by atoms with van der Waals surface area (Å²) in [4.78, 5) is 0. The minimum absolute atomic E-state index is 0.287. The first-order valence-corrected chi connectivity index (χ1v) is 54.2. The van der Waals surface area contributed by atoms with Crippen molar-refractivity contribution < 1.29 is 32.4 Å². The maximum Gasteiger partial charge on any atom is 0.237 e. The van der Waals surface area contributed by atoms with E-state index in [1.165, 1.54) is 297 Å². The number of nitrogens with zero attached hydrogens (tertiary/aromatic N) is 10. The summed E-state index contributed by atoms with van der Waals surface area (Å²) in [6, 6.07) is 107. The molecule has 0 atom stereocenters. The zero-order chi connectivity index (χ0) is 109. The Balaban J connectivity index is 0.000000103. The minimum Gasteiger partial charge on any atom is -0.338 e. The quantitative estimate of drug-likeness (QED) is 0.136. The van der Waals surface area contributed by atoms with E-state index in [4.69, 9.17) is 9.60 Å². The van der Waals surface area contributed by atoms with Crippen molar-refractivity contribution in [3.05, 3.63) is 389 Å². The van der Waals surface area contributed by atoms with Gasteiger partial charge in [-0.15, -0.1) is 0 Å². The first kappa shape index (κ1) is 88.4. The molecule has 0 amide bonds. The van der Waals surface area contributed by atoms with Crippen LogP contribution in [0, 0.1) is 55.2 Å². The molecule has 10 heterocycles. The molecule has 0 radical (unpaired) electrons. The summed E-state index contributed by atoms with van der Waals surface area (Å²) in [6.07, 6.45) is 28.3. The predicted molar refractivity (Wildman–Crippen MR) is 633 cm³/mol. The number of hydrogen-bond donors (Lipinski definition) is 0. The summed E-state index contributed by atoms with van der Waals surface area (Å²) >= 11 is 0. The van der Waals surface area contributed by atoms with Crippen LogP contribution in [0.3, 0.4) is 0 Å². The van der Waals surface area contributed by atoms with Gasteiger partial charge in [-0.3, -0.25) is 0 Å².